The summed E-state index contributed by atoms with van der Waals surface area (Å²) in [7, 11) is 0. The van der Waals surface area contributed by atoms with E-state index in [1.165, 1.54) is 0 Å². The van der Waals surface area contributed by atoms with Gasteiger partial charge in [0, 0.05) is 12.0 Å². The van der Waals surface area contributed by atoms with Crippen LogP contribution in [0, 0.1) is 5.92 Å². The lowest BCUT2D eigenvalue weighted by Crippen LogP contribution is -2.22. The van der Waals surface area contributed by atoms with Crippen LogP contribution in [0.25, 0.3) is 0 Å². The Kier molecular flexibility index (Phi) is 6.91. The molecule has 1 aromatic carbocycles. The highest BCUT2D eigenvalue weighted by Crippen LogP contribution is 2.30. The van der Waals surface area contributed by atoms with Crippen LogP contribution in [0.3, 0.4) is 0 Å². The summed E-state index contributed by atoms with van der Waals surface area (Å²) in [4.78, 5) is 12.2. The molecule has 0 bridgehead atoms. The fourth-order valence-corrected chi connectivity index (χ4v) is 2.04. The monoisotopic (exact) mass is 279 g/mol. The lowest BCUT2D eigenvalue weighted by atomic mass is 10.0. The second-order valence-electron chi connectivity index (χ2n) is 4.53. The first-order valence-electron chi connectivity index (χ1n) is 7.36. The summed E-state index contributed by atoms with van der Waals surface area (Å²) in [5, 5.41) is 2.95. The normalized spacial score (nSPS) is 10.4. The molecule has 0 aliphatic carbocycles. The summed E-state index contributed by atoms with van der Waals surface area (Å²) in [5.41, 5.74) is 0.676. The Morgan fingerprint density at radius 1 is 1.10 bits per heavy atom. The Balaban J connectivity index is 2.93. The van der Waals surface area contributed by atoms with Gasteiger partial charge in [-0.15, -0.1) is 0 Å². The number of ether oxygens (including phenoxy) is 2. The van der Waals surface area contributed by atoms with E-state index in [-0.39, 0.29) is 11.8 Å². The SMILES string of the molecule is CCOc1ccc(OCC)c(NC(=O)C(CC)CC)c1. The third-order valence-corrected chi connectivity index (χ3v) is 3.18. The molecular formula is C16H25NO3. The number of carbonyl (C=O) groups excluding carboxylic acids is 1. The summed E-state index contributed by atoms with van der Waals surface area (Å²) in [6, 6.07) is 5.49. The van der Waals surface area contributed by atoms with Gasteiger partial charge >= 0.3 is 0 Å². The summed E-state index contributed by atoms with van der Waals surface area (Å²) in [6.45, 7) is 9.04. The first kappa shape index (κ1) is 16.3. The van der Waals surface area contributed by atoms with E-state index in [0.717, 1.165) is 18.6 Å². The molecule has 0 unspecified atom stereocenters. The quantitative estimate of drug-likeness (QED) is 0.786. The van der Waals surface area contributed by atoms with Crippen LogP contribution >= 0.6 is 0 Å². The van der Waals surface area contributed by atoms with Crippen molar-refractivity contribution in [2.45, 2.75) is 40.5 Å². The molecule has 0 aliphatic heterocycles. The Morgan fingerprint density at radius 3 is 2.30 bits per heavy atom. The maximum absolute atomic E-state index is 12.2. The van der Waals surface area contributed by atoms with Gasteiger partial charge in [-0.1, -0.05) is 13.8 Å². The number of hydrogen-bond donors (Lipinski definition) is 1. The van der Waals surface area contributed by atoms with Crippen molar-refractivity contribution >= 4 is 11.6 Å². The molecule has 20 heavy (non-hydrogen) atoms. The van der Waals surface area contributed by atoms with Crippen LogP contribution in [0.4, 0.5) is 5.69 Å². The van der Waals surface area contributed by atoms with Gasteiger partial charge in [-0.25, -0.2) is 0 Å². The molecule has 0 saturated carbocycles. The van der Waals surface area contributed by atoms with Gasteiger partial charge in [-0.05, 0) is 38.8 Å². The third kappa shape index (κ3) is 4.44. The summed E-state index contributed by atoms with van der Waals surface area (Å²) >= 11 is 0. The van der Waals surface area contributed by atoms with Gasteiger partial charge in [0.1, 0.15) is 11.5 Å². The predicted molar refractivity (Wildman–Crippen MR) is 81.5 cm³/mol. The van der Waals surface area contributed by atoms with Crippen LogP contribution in [0.15, 0.2) is 18.2 Å². The van der Waals surface area contributed by atoms with Crippen molar-refractivity contribution in [3.05, 3.63) is 18.2 Å². The summed E-state index contributed by atoms with van der Waals surface area (Å²) < 4.78 is 11.0. The van der Waals surface area contributed by atoms with Crippen molar-refractivity contribution in [2.24, 2.45) is 5.92 Å². The van der Waals surface area contributed by atoms with Gasteiger partial charge in [0.2, 0.25) is 5.91 Å². The first-order valence-corrected chi connectivity index (χ1v) is 7.36. The average Bonchev–Trinajstić information content (AvgIpc) is 2.43. The van der Waals surface area contributed by atoms with Crippen molar-refractivity contribution in [3.63, 3.8) is 0 Å². The third-order valence-electron chi connectivity index (χ3n) is 3.18. The van der Waals surface area contributed by atoms with Gasteiger partial charge in [-0.3, -0.25) is 4.79 Å². The molecule has 0 atom stereocenters. The van der Waals surface area contributed by atoms with Crippen LogP contribution in [-0.4, -0.2) is 19.1 Å². The molecule has 1 aromatic rings. The number of carbonyl (C=O) groups is 1. The van der Waals surface area contributed by atoms with Gasteiger partial charge in [0.05, 0.1) is 18.9 Å². The Bertz CT molecular complexity index is 428. The number of anilines is 1. The smallest absolute Gasteiger partial charge is 0.227 e. The minimum Gasteiger partial charge on any atom is -0.494 e. The maximum atomic E-state index is 12.2. The van der Waals surface area contributed by atoms with E-state index in [9.17, 15) is 4.79 Å². The fraction of sp³-hybridized carbons (Fsp3) is 0.562. The minimum absolute atomic E-state index is 0.0280. The highest BCUT2D eigenvalue weighted by Gasteiger charge is 2.16. The first-order chi connectivity index (χ1) is 9.65. The Morgan fingerprint density at radius 2 is 1.75 bits per heavy atom. The van der Waals surface area contributed by atoms with E-state index in [1.54, 1.807) is 0 Å². The number of nitrogens with one attached hydrogen (secondary N) is 1. The highest BCUT2D eigenvalue weighted by molar-refractivity contribution is 5.94. The van der Waals surface area contributed by atoms with E-state index < -0.39 is 0 Å². The van der Waals surface area contributed by atoms with Gasteiger partial charge in [-0.2, -0.15) is 0 Å². The fourth-order valence-electron chi connectivity index (χ4n) is 2.04. The number of amides is 1. The lowest BCUT2D eigenvalue weighted by Gasteiger charge is -2.16. The largest absolute Gasteiger partial charge is 0.494 e. The van der Waals surface area contributed by atoms with Crippen molar-refractivity contribution < 1.29 is 14.3 Å². The van der Waals surface area contributed by atoms with Gasteiger partial charge < -0.3 is 14.8 Å². The molecule has 4 nitrogen and oxygen atoms in total. The van der Waals surface area contributed by atoms with Crippen molar-refractivity contribution in [1.82, 2.24) is 0 Å². The predicted octanol–water partition coefficient (Wildman–Crippen LogP) is 3.86. The maximum Gasteiger partial charge on any atom is 0.227 e. The second kappa shape index (κ2) is 8.46. The molecule has 0 aromatic heterocycles. The molecule has 0 saturated heterocycles. The molecule has 1 rings (SSSR count). The van der Waals surface area contributed by atoms with E-state index in [2.05, 4.69) is 5.32 Å². The molecular weight excluding hydrogens is 254 g/mol. The Labute approximate surface area is 121 Å². The van der Waals surface area contributed by atoms with Crippen LogP contribution in [0.1, 0.15) is 40.5 Å². The zero-order valence-corrected chi connectivity index (χ0v) is 12.9. The van der Waals surface area contributed by atoms with Crippen LogP contribution < -0.4 is 14.8 Å². The van der Waals surface area contributed by atoms with E-state index in [1.807, 2.05) is 45.9 Å². The van der Waals surface area contributed by atoms with Crippen molar-refractivity contribution in [3.8, 4) is 11.5 Å². The molecule has 0 aliphatic rings. The molecule has 0 spiro atoms. The molecule has 0 heterocycles. The molecule has 4 heteroatoms. The molecule has 0 radical (unpaired) electrons. The van der Waals surface area contributed by atoms with Gasteiger partial charge in [0.25, 0.3) is 0 Å². The van der Waals surface area contributed by atoms with Crippen molar-refractivity contribution in [2.75, 3.05) is 18.5 Å². The standard InChI is InChI=1S/C16H25NO3/c1-5-12(6-2)16(18)17-14-11-13(19-7-3)9-10-15(14)20-8-4/h9-12H,5-8H2,1-4H3,(H,17,18). The van der Waals surface area contributed by atoms with Gasteiger partial charge in [0.15, 0.2) is 0 Å². The minimum atomic E-state index is 0.0280. The Hall–Kier alpha value is -1.71. The van der Waals surface area contributed by atoms with Crippen molar-refractivity contribution in [1.29, 1.82) is 0 Å². The zero-order valence-electron chi connectivity index (χ0n) is 12.9. The van der Waals surface area contributed by atoms with Crippen LogP contribution in [-0.2, 0) is 4.79 Å². The number of rotatable bonds is 8. The summed E-state index contributed by atoms with van der Waals surface area (Å²) in [6.07, 6.45) is 1.66. The average molecular weight is 279 g/mol. The number of benzene rings is 1. The van der Waals surface area contributed by atoms with E-state index in [0.29, 0.717) is 24.7 Å². The summed E-state index contributed by atoms with van der Waals surface area (Å²) in [5.74, 6) is 1.47. The van der Waals surface area contributed by atoms with E-state index in [4.69, 9.17) is 9.47 Å². The lowest BCUT2D eigenvalue weighted by molar-refractivity contribution is -0.120. The molecule has 1 amide bonds. The number of hydrogen-bond acceptors (Lipinski definition) is 3. The second-order valence-corrected chi connectivity index (χ2v) is 4.53. The topological polar surface area (TPSA) is 47.6 Å². The zero-order chi connectivity index (χ0) is 15.0. The highest BCUT2D eigenvalue weighted by atomic mass is 16.5. The molecule has 112 valence electrons. The van der Waals surface area contributed by atoms with Crippen LogP contribution in [0.2, 0.25) is 0 Å². The van der Waals surface area contributed by atoms with E-state index >= 15 is 0 Å². The molecule has 0 fully saturated rings. The van der Waals surface area contributed by atoms with Crippen LogP contribution in [0.5, 0.6) is 11.5 Å². The molecule has 1 N–H and O–H groups in total.